The zero-order valence-electron chi connectivity index (χ0n) is 20.1. The van der Waals surface area contributed by atoms with Gasteiger partial charge in [0.15, 0.2) is 11.5 Å². The van der Waals surface area contributed by atoms with Gasteiger partial charge < -0.3 is 14.4 Å². The molecule has 0 saturated carbocycles. The summed E-state index contributed by atoms with van der Waals surface area (Å²) < 4.78 is 38.7. The number of carbonyl (C=O) groups is 1. The molecule has 1 amide bonds. The molecular formula is C27H35F2NO3. The highest BCUT2D eigenvalue weighted by molar-refractivity contribution is 5.78. The van der Waals surface area contributed by atoms with Crippen molar-refractivity contribution in [1.82, 2.24) is 4.90 Å². The van der Waals surface area contributed by atoms with Gasteiger partial charge in [0.25, 0.3) is 0 Å². The molecule has 4 nitrogen and oxygen atoms in total. The Bertz CT molecular complexity index is 961. The van der Waals surface area contributed by atoms with Crippen molar-refractivity contribution in [2.45, 2.75) is 59.9 Å². The molecule has 0 radical (unpaired) electrons. The van der Waals surface area contributed by atoms with Gasteiger partial charge in [-0.15, -0.1) is 0 Å². The van der Waals surface area contributed by atoms with Crippen LogP contribution in [0.1, 0.15) is 56.7 Å². The Labute approximate surface area is 195 Å². The van der Waals surface area contributed by atoms with Crippen LogP contribution in [0.15, 0.2) is 30.3 Å². The lowest BCUT2D eigenvalue weighted by molar-refractivity contribution is -0.136. The normalized spacial score (nSPS) is 14.2. The Balaban J connectivity index is 1.65. The van der Waals surface area contributed by atoms with E-state index in [2.05, 4.69) is 19.9 Å². The fraction of sp³-hybridized carbons (Fsp3) is 0.519. The van der Waals surface area contributed by atoms with E-state index >= 15 is 0 Å². The van der Waals surface area contributed by atoms with Gasteiger partial charge in [0.1, 0.15) is 11.6 Å². The largest absolute Gasteiger partial charge is 0.490 e. The number of fused-ring (bicyclic) bond motifs is 1. The molecule has 6 heteroatoms. The molecule has 1 aliphatic rings. The van der Waals surface area contributed by atoms with Gasteiger partial charge in [0.05, 0.1) is 13.2 Å². The Morgan fingerprint density at radius 3 is 2.58 bits per heavy atom. The highest BCUT2D eigenvalue weighted by Crippen LogP contribution is 2.35. The average molecular weight is 460 g/mol. The van der Waals surface area contributed by atoms with E-state index in [-0.39, 0.29) is 11.8 Å². The molecule has 180 valence electrons. The lowest BCUT2D eigenvalue weighted by atomic mass is 9.98. The highest BCUT2D eigenvalue weighted by atomic mass is 19.1. The quantitative estimate of drug-likeness (QED) is 0.456. The van der Waals surface area contributed by atoms with Gasteiger partial charge in [-0.1, -0.05) is 32.9 Å². The van der Waals surface area contributed by atoms with E-state index in [0.29, 0.717) is 57.0 Å². The molecule has 1 unspecified atom stereocenters. The maximum atomic E-state index is 13.9. The lowest BCUT2D eigenvalue weighted by Gasteiger charge is -2.28. The molecule has 1 atom stereocenters. The first-order valence-corrected chi connectivity index (χ1v) is 11.9. The van der Waals surface area contributed by atoms with Crippen LogP contribution in [-0.2, 0) is 17.8 Å². The van der Waals surface area contributed by atoms with Crippen molar-refractivity contribution >= 4 is 5.91 Å². The topological polar surface area (TPSA) is 38.8 Å². The van der Waals surface area contributed by atoms with Gasteiger partial charge in [-0.05, 0) is 60.9 Å². The fourth-order valence-corrected chi connectivity index (χ4v) is 4.26. The number of amides is 1. The molecule has 0 saturated heterocycles. The van der Waals surface area contributed by atoms with Crippen LogP contribution in [0.5, 0.6) is 11.5 Å². The molecular weight excluding hydrogens is 424 g/mol. The van der Waals surface area contributed by atoms with Crippen LogP contribution in [0.2, 0.25) is 0 Å². The summed E-state index contributed by atoms with van der Waals surface area (Å²) in [7, 11) is 0. The zero-order valence-corrected chi connectivity index (χ0v) is 20.1. The van der Waals surface area contributed by atoms with E-state index in [1.54, 1.807) is 0 Å². The number of halogens is 2. The summed E-state index contributed by atoms with van der Waals surface area (Å²) in [6.07, 6.45) is 2.63. The molecule has 2 aromatic carbocycles. The standard InChI is InChI=1S/C27H35F2NO3/c1-18(2)16-30(17-21-13-20(4)26-25(14-21)32-11-6-12-33-26)27(31)19(3)7-5-8-22-9-10-23(28)15-24(22)29/h9-10,13-15,18-19H,5-8,11-12,16-17H2,1-4H3. The van der Waals surface area contributed by atoms with E-state index in [9.17, 15) is 13.6 Å². The number of hydrogen-bond acceptors (Lipinski definition) is 3. The number of benzene rings is 2. The summed E-state index contributed by atoms with van der Waals surface area (Å²) in [6, 6.07) is 7.71. The first-order chi connectivity index (χ1) is 15.7. The number of hydrogen-bond donors (Lipinski definition) is 0. The molecule has 3 rings (SSSR count). The number of nitrogens with zero attached hydrogens (tertiary/aromatic N) is 1. The van der Waals surface area contributed by atoms with E-state index < -0.39 is 11.6 Å². The van der Waals surface area contributed by atoms with Gasteiger partial charge >= 0.3 is 0 Å². The SMILES string of the molecule is Cc1cc(CN(CC(C)C)C(=O)C(C)CCCc2ccc(F)cc2F)cc2c1OCCCO2. The number of ether oxygens (including phenoxy) is 2. The van der Waals surface area contributed by atoms with Gasteiger partial charge in [0, 0.05) is 31.5 Å². The summed E-state index contributed by atoms with van der Waals surface area (Å²) in [5.74, 6) is 0.667. The first kappa shape index (κ1) is 25.0. The van der Waals surface area contributed by atoms with E-state index in [4.69, 9.17) is 9.47 Å². The van der Waals surface area contributed by atoms with Crippen LogP contribution in [0.25, 0.3) is 0 Å². The third-order valence-corrected chi connectivity index (χ3v) is 5.88. The minimum atomic E-state index is -0.575. The Morgan fingerprint density at radius 1 is 1.09 bits per heavy atom. The van der Waals surface area contributed by atoms with Crippen molar-refractivity contribution in [2.24, 2.45) is 11.8 Å². The Kier molecular flexibility index (Phi) is 8.70. The first-order valence-electron chi connectivity index (χ1n) is 11.9. The molecule has 0 N–H and O–H groups in total. The smallest absolute Gasteiger partial charge is 0.225 e. The van der Waals surface area contributed by atoms with E-state index in [1.165, 1.54) is 12.1 Å². The molecule has 0 fully saturated rings. The summed E-state index contributed by atoms with van der Waals surface area (Å²) in [5, 5.41) is 0. The molecule has 0 bridgehead atoms. The van der Waals surface area contributed by atoms with Crippen molar-refractivity contribution in [3.8, 4) is 11.5 Å². The van der Waals surface area contributed by atoms with Crippen LogP contribution in [0.4, 0.5) is 8.78 Å². The predicted molar refractivity (Wildman–Crippen MR) is 126 cm³/mol. The van der Waals surface area contributed by atoms with Crippen LogP contribution in [0.3, 0.4) is 0 Å². The summed E-state index contributed by atoms with van der Waals surface area (Å²) in [6.45, 7) is 10.6. The second-order valence-electron chi connectivity index (χ2n) is 9.43. The van der Waals surface area contributed by atoms with Crippen molar-refractivity contribution in [1.29, 1.82) is 0 Å². The third kappa shape index (κ3) is 6.92. The second kappa shape index (κ2) is 11.5. The molecule has 0 aromatic heterocycles. The van der Waals surface area contributed by atoms with Crippen LogP contribution >= 0.6 is 0 Å². The summed E-state index contributed by atoms with van der Waals surface area (Å²) >= 11 is 0. The summed E-state index contributed by atoms with van der Waals surface area (Å²) in [4.78, 5) is 15.2. The monoisotopic (exact) mass is 459 g/mol. The van der Waals surface area contributed by atoms with Crippen molar-refractivity contribution in [3.63, 3.8) is 0 Å². The molecule has 1 aliphatic heterocycles. The van der Waals surface area contributed by atoms with E-state index in [0.717, 1.165) is 35.1 Å². The maximum Gasteiger partial charge on any atom is 0.225 e. The number of carbonyl (C=O) groups excluding carboxylic acids is 1. The zero-order chi connectivity index (χ0) is 24.0. The number of rotatable bonds is 9. The summed E-state index contributed by atoms with van der Waals surface area (Å²) in [5.41, 5.74) is 2.51. The Morgan fingerprint density at radius 2 is 1.85 bits per heavy atom. The Hall–Kier alpha value is -2.63. The molecule has 1 heterocycles. The van der Waals surface area contributed by atoms with Gasteiger partial charge in [0.2, 0.25) is 5.91 Å². The van der Waals surface area contributed by atoms with Crippen LogP contribution in [-0.4, -0.2) is 30.6 Å². The van der Waals surface area contributed by atoms with Crippen molar-refractivity contribution in [3.05, 3.63) is 58.7 Å². The minimum absolute atomic E-state index is 0.0908. The molecule has 0 spiro atoms. The van der Waals surface area contributed by atoms with Gasteiger partial charge in [-0.3, -0.25) is 4.79 Å². The molecule has 0 aliphatic carbocycles. The van der Waals surface area contributed by atoms with Gasteiger partial charge in [-0.25, -0.2) is 8.78 Å². The van der Waals surface area contributed by atoms with Crippen molar-refractivity contribution < 1.29 is 23.0 Å². The molecule has 33 heavy (non-hydrogen) atoms. The number of aryl methyl sites for hydroxylation is 2. The fourth-order valence-electron chi connectivity index (χ4n) is 4.26. The molecule has 2 aromatic rings. The predicted octanol–water partition coefficient (Wildman–Crippen LogP) is 6.08. The van der Waals surface area contributed by atoms with Crippen LogP contribution < -0.4 is 9.47 Å². The second-order valence-corrected chi connectivity index (χ2v) is 9.43. The lowest BCUT2D eigenvalue weighted by Crippen LogP contribution is -2.37. The minimum Gasteiger partial charge on any atom is -0.490 e. The van der Waals surface area contributed by atoms with Crippen molar-refractivity contribution in [2.75, 3.05) is 19.8 Å². The van der Waals surface area contributed by atoms with E-state index in [1.807, 2.05) is 24.8 Å². The van der Waals surface area contributed by atoms with Gasteiger partial charge in [-0.2, -0.15) is 0 Å². The maximum absolute atomic E-state index is 13.9. The third-order valence-electron chi connectivity index (χ3n) is 5.88. The average Bonchev–Trinajstić information content (AvgIpc) is 3.00. The highest BCUT2D eigenvalue weighted by Gasteiger charge is 2.23. The van der Waals surface area contributed by atoms with Crippen LogP contribution in [0, 0.1) is 30.4 Å².